The second-order valence-electron chi connectivity index (χ2n) is 5.39. The first-order valence-electron chi connectivity index (χ1n) is 7.69. The van der Waals surface area contributed by atoms with Crippen LogP contribution in [0.3, 0.4) is 0 Å². The van der Waals surface area contributed by atoms with E-state index in [-0.39, 0.29) is 29.9 Å². The highest BCUT2D eigenvalue weighted by atomic mass is 127. The number of halogens is 1. The second kappa shape index (κ2) is 11.1. The number of thioether (sulfide) groups is 1. The number of hydrogen-bond acceptors (Lipinski definition) is 4. The van der Waals surface area contributed by atoms with Crippen LogP contribution >= 0.6 is 35.7 Å². The number of anilines is 1. The van der Waals surface area contributed by atoms with Crippen LogP contribution < -0.4 is 11.1 Å². The normalized spacial score (nSPS) is 15.1. The number of carbonyl (C=O) groups is 1. The van der Waals surface area contributed by atoms with Crippen LogP contribution in [0.1, 0.15) is 29.6 Å². The molecule has 1 fully saturated rings. The monoisotopic (exact) mass is 435 g/mol. The van der Waals surface area contributed by atoms with E-state index in [1.807, 2.05) is 11.8 Å². The minimum atomic E-state index is -0.0216. The summed E-state index contributed by atoms with van der Waals surface area (Å²) in [4.78, 5) is 14.4. The summed E-state index contributed by atoms with van der Waals surface area (Å²) in [5.41, 5.74) is 6.95. The molecule has 0 aliphatic carbocycles. The number of rotatable bonds is 7. The Bertz CT molecular complexity index is 436. The first-order valence-corrected chi connectivity index (χ1v) is 8.85. The summed E-state index contributed by atoms with van der Waals surface area (Å²) < 4.78 is 0. The lowest BCUT2D eigenvalue weighted by atomic mass is 10.1. The Morgan fingerprint density at radius 1 is 1.14 bits per heavy atom. The summed E-state index contributed by atoms with van der Waals surface area (Å²) in [5, 5.41) is 2.94. The van der Waals surface area contributed by atoms with Crippen molar-refractivity contribution in [3.05, 3.63) is 29.8 Å². The third kappa shape index (κ3) is 7.19. The van der Waals surface area contributed by atoms with E-state index in [0.29, 0.717) is 17.8 Å². The predicted octanol–water partition coefficient (Wildman–Crippen LogP) is 2.84. The minimum Gasteiger partial charge on any atom is -0.399 e. The van der Waals surface area contributed by atoms with E-state index >= 15 is 0 Å². The number of amides is 1. The molecule has 1 aliphatic heterocycles. The maximum absolute atomic E-state index is 11.9. The van der Waals surface area contributed by atoms with Gasteiger partial charge in [-0.3, -0.25) is 4.79 Å². The van der Waals surface area contributed by atoms with Crippen molar-refractivity contribution in [3.8, 4) is 0 Å². The van der Waals surface area contributed by atoms with Crippen LogP contribution in [-0.2, 0) is 0 Å². The molecule has 6 heteroatoms. The number of nitrogens with one attached hydrogen (secondary N) is 1. The molecule has 0 unspecified atom stereocenters. The van der Waals surface area contributed by atoms with Crippen LogP contribution in [0.5, 0.6) is 0 Å². The Morgan fingerprint density at radius 3 is 2.50 bits per heavy atom. The van der Waals surface area contributed by atoms with Gasteiger partial charge >= 0.3 is 0 Å². The highest BCUT2D eigenvalue weighted by molar-refractivity contribution is 14.0. The molecule has 1 heterocycles. The molecule has 1 aromatic carbocycles. The first-order chi connectivity index (χ1) is 10.3. The van der Waals surface area contributed by atoms with Gasteiger partial charge in [-0.05, 0) is 50.2 Å². The fourth-order valence-corrected chi connectivity index (χ4v) is 3.29. The number of nitrogen functional groups attached to an aromatic ring is 1. The van der Waals surface area contributed by atoms with Crippen molar-refractivity contribution >= 4 is 47.3 Å². The van der Waals surface area contributed by atoms with E-state index in [1.165, 1.54) is 38.9 Å². The van der Waals surface area contributed by atoms with Gasteiger partial charge in [0.1, 0.15) is 0 Å². The summed E-state index contributed by atoms with van der Waals surface area (Å²) in [7, 11) is 0. The van der Waals surface area contributed by atoms with E-state index in [4.69, 9.17) is 5.73 Å². The van der Waals surface area contributed by atoms with E-state index in [2.05, 4.69) is 10.2 Å². The molecule has 1 aromatic rings. The van der Waals surface area contributed by atoms with Crippen molar-refractivity contribution in [1.82, 2.24) is 10.2 Å². The molecular formula is C16H26IN3OS. The number of carbonyl (C=O) groups excluding carboxylic acids is 1. The SMILES string of the molecule is I.Nc1ccc(C(=O)NCCSCCN2CCCCC2)cc1. The van der Waals surface area contributed by atoms with Gasteiger partial charge in [-0.1, -0.05) is 6.42 Å². The average Bonchev–Trinajstić information content (AvgIpc) is 2.52. The molecule has 0 atom stereocenters. The molecule has 4 nitrogen and oxygen atoms in total. The summed E-state index contributed by atoms with van der Waals surface area (Å²) >= 11 is 1.91. The molecule has 0 aromatic heterocycles. The molecule has 2 rings (SSSR count). The molecule has 124 valence electrons. The predicted molar refractivity (Wildman–Crippen MR) is 106 cm³/mol. The molecule has 1 saturated heterocycles. The number of nitrogens with zero attached hydrogens (tertiary/aromatic N) is 1. The zero-order valence-corrected chi connectivity index (χ0v) is 16.1. The van der Waals surface area contributed by atoms with Gasteiger partial charge in [0.05, 0.1) is 0 Å². The number of hydrogen-bond donors (Lipinski definition) is 2. The Balaban J connectivity index is 0.00000242. The van der Waals surface area contributed by atoms with Gasteiger partial charge in [-0.25, -0.2) is 0 Å². The molecule has 0 saturated carbocycles. The van der Waals surface area contributed by atoms with Gasteiger partial charge in [0, 0.05) is 35.8 Å². The largest absolute Gasteiger partial charge is 0.399 e. The summed E-state index contributed by atoms with van der Waals surface area (Å²) in [5.74, 6) is 2.10. The fraction of sp³-hybridized carbons (Fsp3) is 0.562. The van der Waals surface area contributed by atoms with Gasteiger partial charge in [-0.15, -0.1) is 24.0 Å². The second-order valence-corrected chi connectivity index (χ2v) is 6.62. The Kier molecular flexibility index (Phi) is 9.90. The van der Waals surface area contributed by atoms with E-state index < -0.39 is 0 Å². The number of piperidine rings is 1. The van der Waals surface area contributed by atoms with Crippen molar-refractivity contribution in [3.63, 3.8) is 0 Å². The van der Waals surface area contributed by atoms with Gasteiger partial charge in [0.15, 0.2) is 0 Å². The summed E-state index contributed by atoms with van der Waals surface area (Å²) in [6.07, 6.45) is 4.09. The molecular weight excluding hydrogens is 409 g/mol. The Morgan fingerprint density at radius 2 is 1.82 bits per heavy atom. The lowest BCUT2D eigenvalue weighted by Crippen LogP contribution is -2.32. The van der Waals surface area contributed by atoms with Crippen molar-refractivity contribution in [2.45, 2.75) is 19.3 Å². The van der Waals surface area contributed by atoms with Crippen LogP contribution in [0.15, 0.2) is 24.3 Å². The van der Waals surface area contributed by atoms with Crippen molar-refractivity contribution in [2.75, 3.05) is 43.4 Å². The van der Waals surface area contributed by atoms with Gasteiger partial charge in [0.25, 0.3) is 5.91 Å². The maximum atomic E-state index is 11.9. The maximum Gasteiger partial charge on any atom is 0.251 e. The molecule has 0 radical (unpaired) electrons. The van der Waals surface area contributed by atoms with E-state index in [1.54, 1.807) is 24.3 Å². The molecule has 0 bridgehead atoms. The Hall–Kier alpha value is -0.470. The lowest BCUT2D eigenvalue weighted by molar-refractivity contribution is 0.0956. The van der Waals surface area contributed by atoms with Crippen molar-refractivity contribution in [2.24, 2.45) is 0 Å². The van der Waals surface area contributed by atoms with Crippen LogP contribution in [0.4, 0.5) is 5.69 Å². The van der Waals surface area contributed by atoms with Crippen molar-refractivity contribution < 1.29 is 4.79 Å². The zero-order valence-electron chi connectivity index (χ0n) is 12.9. The highest BCUT2D eigenvalue weighted by Crippen LogP contribution is 2.10. The van der Waals surface area contributed by atoms with Gasteiger partial charge in [0.2, 0.25) is 0 Å². The fourth-order valence-electron chi connectivity index (χ4n) is 2.45. The van der Waals surface area contributed by atoms with E-state index in [0.717, 1.165) is 11.5 Å². The lowest BCUT2D eigenvalue weighted by Gasteiger charge is -2.26. The number of nitrogens with two attached hydrogens (primary N) is 1. The zero-order chi connectivity index (χ0) is 14.9. The first kappa shape index (κ1) is 19.6. The highest BCUT2D eigenvalue weighted by Gasteiger charge is 2.09. The van der Waals surface area contributed by atoms with Crippen molar-refractivity contribution in [1.29, 1.82) is 0 Å². The third-order valence-electron chi connectivity index (χ3n) is 3.71. The quantitative estimate of drug-likeness (QED) is 0.393. The number of likely N-dealkylation sites (tertiary alicyclic amines) is 1. The summed E-state index contributed by atoms with van der Waals surface area (Å²) in [6, 6.07) is 7.02. The van der Waals surface area contributed by atoms with Crippen LogP contribution in [0, 0.1) is 0 Å². The minimum absolute atomic E-state index is 0. The molecule has 1 amide bonds. The molecule has 22 heavy (non-hydrogen) atoms. The topological polar surface area (TPSA) is 58.4 Å². The van der Waals surface area contributed by atoms with Gasteiger partial charge < -0.3 is 16.0 Å². The molecule has 3 N–H and O–H groups in total. The average molecular weight is 435 g/mol. The number of benzene rings is 1. The van der Waals surface area contributed by atoms with Gasteiger partial charge in [-0.2, -0.15) is 11.8 Å². The third-order valence-corrected chi connectivity index (χ3v) is 4.67. The molecule has 0 spiro atoms. The van der Waals surface area contributed by atoms with Crippen LogP contribution in [0.25, 0.3) is 0 Å². The van der Waals surface area contributed by atoms with Crippen LogP contribution in [-0.4, -0.2) is 48.5 Å². The smallest absolute Gasteiger partial charge is 0.251 e. The summed E-state index contributed by atoms with van der Waals surface area (Å²) in [6.45, 7) is 4.41. The standard InChI is InChI=1S/C16H25N3OS.HI/c17-15-6-4-14(5-7-15)16(20)18-8-12-21-13-11-19-9-2-1-3-10-19;/h4-7H,1-3,8-13,17H2,(H,18,20);1H. The Labute approximate surface area is 154 Å². The van der Waals surface area contributed by atoms with Crippen LogP contribution in [0.2, 0.25) is 0 Å². The molecule has 1 aliphatic rings. The van der Waals surface area contributed by atoms with E-state index in [9.17, 15) is 4.79 Å².